The van der Waals surface area contributed by atoms with Crippen molar-refractivity contribution < 1.29 is 19.1 Å². The zero-order valence-electron chi connectivity index (χ0n) is 16.8. The van der Waals surface area contributed by atoms with E-state index in [0.717, 1.165) is 16.0 Å². The summed E-state index contributed by atoms with van der Waals surface area (Å²) in [6, 6.07) is 13.7. The van der Waals surface area contributed by atoms with Crippen molar-refractivity contribution >= 4 is 29.3 Å². The lowest BCUT2D eigenvalue weighted by atomic mass is 10.1. The standard InChI is InChI=1S/C22H16N6O4/c1-32-19-14(7-4-10-23-19)13-8-9-17-24-22(26-28(17)11-13)25-18(29)12-27-20(30)15-5-2-3-6-16(15)21(27)31/h2-11H,12H2,1H3,(H,25,26,29). The molecule has 10 nitrogen and oxygen atoms in total. The van der Waals surface area contributed by atoms with Crippen molar-refractivity contribution in [3.05, 3.63) is 72.1 Å². The molecule has 1 aromatic carbocycles. The number of carbonyl (C=O) groups is 3. The quantitative estimate of drug-likeness (QED) is 0.483. The molecule has 0 bridgehead atoms. The second-order valence-electron chi connectivity index (χ2n) is 7.01. The number of imide groups is 1. The minimum atomic E-state index is -0.579. The number of hydrogen-bond acceptors (Lipinski definition) is 7. The number of nitrogens with zero attached hydrogens (tertiary/aromatic N) is 5. The van der Waals surface area contributed by atoms with Crippen LogP contribution in [0.2, 0.25) is 0 Å². The molecule has 0 saturated carbocycles. The number of nitrogens with one attached hydrogen (secondary N) is 1. The lowest BCUT2D eigenvalue weighted by Gasteiger charge is -2.12. The van der Waals surface area contributed by atoms with Gasteiger partial charge in [-0.3, -0.25) is 24.6 Å². The van der Waals surface area contributed by atoms with Gasteiger partial charge in [0.15, 0.2) is 5.65 Å². The van der Waals surface area contributed by atoms with Crippen molar-refractivity contribution in [3.8, 4) is 17.0 Å². The molecule has 0 radical (unpaired) electrons. The van der Waals surface area contributed by atoms with Crippen LogP contribution in [0.25, 0.3) is 16.8 Å². The maximum atomic E-state index is 12.5. The highest BCUT2D eigenvalue weighted by atomic mass is 16.5. The summed E-state index contributed by atoms with van der Waals surface area (Å²) in [4.78, 5) is 46.7. The molecular weight excluding hydrogens is 412 g/mol. The van der Waals surface area contributed by atoms with E-state index < -0.39 is 24.3 Å². The normalized spacial score (nSPS) is 12.8. The van der Waals surface area contributed by atoms with E-state index in [-0.39, 0.29) is 17.1 Å². The van der Waals surface area contributed by atoms with Crippen LogP contribution in [0.1, 0.15) is 20.7 Å². The fourth-order valence-electron chi connectivity index (χ4n) is 3.56. The van der Waals surface area contributed by atoms with Crippen molar-refractivity contribution in [1.29, 1.82) is 0 Å². The van der Waals surface area contributed by atoms with Crippen LogP contribution in [0.5, 0.6) is 5.88 Å². The first-order valence-corrected chi connectivity index (χ1v) is 9.66. The SMILES string of the molecule is COc1ncccc1-c1ccc2nc(NC(=O)CN3C(=O)c4ccccc4C3=O)nn2c1. The minimum absolute atomic E-state index is 0.0573. The van der Waals surface area contributed by atoms with E-state index in [9.17, 15) is 14.4 Å². The van der Waals surface area contributed by atoms with Gasteiger partial charge in [-0.1, -0.05) is 12.1 Å². The van der Waals surface area contributed by atoms with E-state index in [0.29, 0.717) is 11.5 Å². The molecule has 0 spiro atoms. The van der Waals surface area contributed by atoms with Crippen molar-refractivity contribution in [2.24, 2.45) is 0 Å². The number of rotatable bonds is 5. The van der Waals surface area contributed by atoms with Gasteiger partial charge in [0.05, 0.1) is 18.2 Å². The highest BCUT2D eigenvalue weighted by molar-refractivity contribution is 6.22. The van der Waals surface area contributed by atoms with E-state index in [1.165, 1.54) is 4.52 Å². The molecule has 1 N–H and O–H groups in total. The molecular formula is C22H16N6O4. The van der Waals surface area contributed by atoms with E-state index >= 15 is 0 Å². The predicted molar refractivity (Wildman–Crippen MR) is 113 cm³/mol. The number of pyridine rings is 2. The molecule has 4 heterocycles. The molecule has 3 amide bonds. The van der Waals surface area contributed by atoms with Gasteiger partial charge < -0.3 is 4.74 Å². The van der Waals surface area contributed by atoms with Crippen LogP contribution in [0.4, 0.5) is 5.95 Å². The van der Waals surface area contributed by atoms with Gasteiger partial charge in [-0.2, -0.15) is 4.98 Å². The zero-order chi connectivity index (χ0) is 22.2. The van der Waals surface area contributed by atoms with Gasteiger partial charge in [-0.05, 0) is 36.4 Å². The first-order valence-electron chi connectivity index (χ1n) is 9.66. The van der Waals surface area contributed by atoms with Gasteiger partial charge in [0, 0.05) is 23.5 Å². The van der Waals surface area contributed by atoms with Crippen LogP contribution in [0.3, 0.4) is 0 Å². The number of fused-ring (bicyclic) bond motifs is 2. The maximum absolute atomic E-state index is 12.5. The zero-order valence-corrected chi connectivity index (χ0v) is 16.8. The molecule has 10 heteroatoms. The highest BCUT2D eigenvalue weighted by Crippen LogP contribution is 2.27. The Morgan fingerprint density at radius 1 is 1.00 bits per heavy atom. The van der Waals surface area contributed by atoms with E-state index in [1.807, 2.05) is 12.1 Å². The van der Waals surface area contributed by atoms with Gasteiger partial charge in [0.2, 0.25) is 17.7 Å². The average Bonchev–Trinajstić information content (AvgIpc) is 3.32. The van der Waals surface area contributed by atoms with Crippen LogP contribution < -0.4 is 10.1 Å². The maximum Gasteiger partial charge on any atom is 0.262 e. The minimum Gasteiger partial charge on any atom is -0.481 e. The summed E-state index contributed by atoms with van der Waals surface area (Å²) in [6.07, 6.45) is 3.38. The van der Waals surface area contributed by atoms with Gasteiger partial charge in [-0.15, -0.1) is 5.10 Å². The third-order valence-corrected chi connectivity index (χ3v) is 5.04. The number of amides is 3. The van der Waals surface area contributed by atoms with Crippen LogP contribution >= 0.6 is 0 Å². The molecule has 0 unspecified atom stereocenters. The Balaban J connectivity index is 1.34. The summed E-state index contributed by atoms with van der Waals surface area (Å²) >= 11 is 0. The summed E-state index contributed by atoms with van der Waals surface area (Å²) in [5.41, 5.74) is 2.66. The first kappa shape index (κ1) is 19.4. The van der Waals surface area contributed by atoms with Gasteiger partial charge in [-0.25, -0.2) is 9.50 Å². The molecule has 0 fully saturated rings. The fraction of sp³-hybridized carbons (Fsp3) is 0.0909. The second kappa shape index (κ2) is 7.58. The first-order chi connectivity index (χ1) is 15.5. The Bertz CT molecular complexity index is 1360. The molecule has 3 aromatic heterocycles. The molecule has 0 aliphatic carbocycles. The number of aromatic nitrogens is 4. The Labute approximate surface area is 181 Å². The summed E-state index contributed by atoms with van der Waals surface area (Å²) < 4.78 is 6.81. The van der Waals surface area contributed by atoms with E-state index in [2.05, 4.69) is 20.4 Å². The lowest BCUT2D eigenvalue weighted by molar-refractivity contribution is -0.116. The van der Waals surface area contributed by atoms with Crippen molar-refractivity contribution in [2.45, 2.75) is 0 Å². The van der Waals surface area contributed by atoms with E-state index in [4.69, 9.17) is 4.74 Å². The van der Waals surface area contributed by atoms with Crippen LogP contribution in [-0.2, 0) is 4.79 Å². The third kappa shape index (κ3) is 3.23. The largest absolute Gasteiger partial charge is 0.481 e. The Morgan fingerprint density at radius 3 is 2.44 bits per heavy atom. The summed E-state index contributed by atoms with van der Waals surface area (Å²) in [6.45, 7) is -0.431. The number of ether oxygens (including phenoxy) is 1. The molecule has 1 aliphatic rings. The van der Waals surface area contributed by atoms with Crippen molar-refractivity contribution in [3.63, 3.8) is 0 Å². The number of benzene rings is 1. The van der Waals surface area contributed by atoms with Crippen LogP contribution in [-0.4, -0.2) is 55.9 Å². The monoisotopic (exact) mass is 428 g/mol. The van der Waals surface area contributed by atoms with Crippen molar-refractivity contribution in [1.82, 2.24) is 24.5 Å². The molecule has 158 valence electrons. The molecule has 5 rings (SSSR count). The average molecular weight is 428 g/mol. The van der Waals surface area contributed by atoms with E-state index in [1.54, 1.807) is 55.9 Å². The number of hydrogen-bond donors (Lipinski definition) is 1. The highest BCUT2D eigenvalue weighted by Gasteiger charge is 2.36. The topological polar surface area (TPSA) is 119 Å². The summed E-state index contributed by atoms with van der Waals surface area (Å²) in [5, 5.41) is 6.81. The number of methoxy groups -OCH3 is 1. The Morgan fingerprint density at radius 2 is 1.72 bits per heavy atom. The fourth-order valence-corrected chi connectivity index (χ4v) is 3.56. The molecule has 32 heavy (non-hydrogen) atoms. The summed E-state index contributed by atoms with van der Waals surface area (Å²) in [7, 11) is 1.54. The van der Waals surface area contributed by atoms with Crippen LogP contribution in [0, 0.1) is 0 Å². The van der Waals surface area contributed by atoms with Gasteiger partial charge in [0.25, 0.3) is 11.8 Å². The smallest absolute Gasteiger partial charge is 0.262 e. The predicted octanol–water partition coefficient (Wildman–Crippen LogP) is 2.03. The Hall–Kier alpha value is -4.60. The number of carbonyl (C=O) groups excluding carboxylic acids is 3. The van der Waals surface area contributed by atoms with Gasteiger partial charge >= 0.3 is 0 Å². The molecule has 4 aromatic rings. The second-order valence-corrected chi connectivity index (χ2v) is 7.01. The Kier molecular flexibility index (Phi) is 4.59. The lowest BCUT2D eigenvalue weighted by Crippen LogP contribution is -2.37. The van der Waals surface area contributed by atoms with Crippen LogP contribution in [0.15, 0.2) is 60.9 Å². The van der Waals surface area contributed by atoms with Gasteiger partial charge in [0.1, 0.15) is 6.54 Å². The third-order valence-electron chi connectivity index (χ3n) is 5.04. The number of anilines is 1. The molecule has 1 aliphatic heterocycles. The van der Waals surface area contributed by atoms with Crippen molar-refractivity contribution in [2.75, 3.05) is 19.0 Å². The summed E-state index contributed by atoms with van der Waals surface area (Å²) in [5.74, 6) is -1.05. The molecule has 0 saturated heterocycles. The molecule has 0 atom stereocenters.